The molecule has 6 unspecified atom stereocenters. The van der Waals surface area contributed by atoms with E-state index in [1.54, 1.807) is 24.5 Å². The number of aliphatic imine (C=N–C) groups is 1. The zero-order chi connectivity index (χ0) is 43.5. The van der Waals surface area contributed by atoms with Gasteiger partial charge in [-0.1, -0.05) is 18.2 Å². The minimum absolute atomic E-state index is 0.0932. The van der Waals surface area contributed by atoms with E-state index >= 15 is 0 Å². The fourth-order valence-corrected chi connectivity index (χ4v) is 9.24. The second-order valence-electron chi connectivity index (χ2n) is 17.0. The lowest BCUT2D eigenvalue weighted by Crippen LogP contribution is -2.65. The molecule has 0 amide bonds. The number of phenols is 3. The Morgan fingerprint density at radius 2 is 1.94 bits per heavy atom. The Bertz CT molecular complexity index is 2080. The number of guanidine groups is 1. The number of benzene rings is 2. The molecule has 1 aliphatic carbocycles. The van der Waals surface area contributed by atoms with Crippen molar-refractivity contribution in [3.05, 3.63) is 95.1 Å². The number of aromatic hydroxyl groups is 3. The van der Waals surface area contributed by atoms with Gasteiger partial charge in [0.25, 0.3) is 0 Å². The number of phenolic OH excluding ortho intramolecular Hbond substituents is 3. The number of carbonyl (C=O) groups excluding carboxylic acids is 1. The summed E-state index contributed by atoms with van der Waals surface area (Å²) in [6.45, 7) is 4.74. The number of dihydropyridines is 1. The van der Waals surface area contributed by atoms with Gasteiger partial charge in [0.15, 0.2) is 29.0 Å². The summed E-state index contributed by atoms with van der Waals surface area (Å²) in [5.41, 5.74) is 9.55. The number of ether oxygens (including phenoxy) is 4. The number of nitrogens with two attached hydrogens (primary N) is 1. The number of carbonyl (C=O) groups is 1. The van der Waals surface area contributed by atoms with Crippen molar-refractivity contribution in [3.63, 3.8) is 0 Å². The van der Waals surface area contributed by atoms with Crippen molar-refractivity contribution in [2.24, 2.45) is 16.6 Å². The number of aromatic nitrogens is 1. The molecule has 4 aliphatic rings. The van der Waals surface area contributed by atoms with Crippen LogP contribution in [0.1, 0.15) is 87.5 Å². The molecular formula is C47H63N7O8. The number of nitrogens with zero attached hydrogens (tertiary/aromatic N) is 2. The minimum Gasteiger partial charge on any atom is -0.504 e. The lowest BCUT2D eigenvalue weighted by atomic mass is 9.70. The molecule has 0 radical (unpaired) electrons. The Labute approximate surface area is 364 Å². The monoisotopic (exact) mass is 853 g/mol. The highest BCUT2D eigenvalue weighted by Crippen LogP contribution is 2.43. The molecule has 62 heavy (non-hydrogen) atoms. The first-order chi connectivity index (χ1) is 30.1. The van der Waals surface area contributed by atoms with Crippen LogP contribution in [-0.2, 0) is 27.1 Å². The number of pyridine rings is 1. The van der Waals surface area contributed by atoms with Crippen LogP contribution in [0.5, 0.6) is 28.7 Å². The van der Waals surface area contributed by atoms with Crippen molar-refractivity contribution >= 4 is 11.9 Å². The van der Waals surface area contributed by atoms with Gasteiger partial charge in [-0.15, -0.1) is 0 Å². The van der Waals surface area contributed by atoms with E-state index < -0.39 is 12.2 Å². The van der Waals surface area contributed by atoms with Crippen molar-refractivity contribution in [1.82, 2.24) is 26.3 Å². The zero-order valence-corrected chi connectivity index (χ0v) is 35.9. The molecule has 7 rings (SSSR count). The van der Waals surface area contributed by atoms with Crippen LogP contribution in [0, 0.1) is 5.92 Å². The fraction of sp³-hybridized carbons (Fsp3) is 0.511. The van der Waals surface area contributed by atoms with Gasteiger partial charge >= 0.3 is 5.97 Å². The summed E-state index contributed by atoms with van der Waals surface area (Å²) in [6, 6.07) is 12.4. The van der Waals surface area contributed by atoms with Crippen molar-refractivity contribution < 1.29 is 39.1 Å². The van der Waals surface area contributed by atoms with E-state index in [0.717, 1.165) is 75.2 Å². The number of esters is 1. The van der Waals surface area contributed by atoms with Gasteiger partial charge in [0.05, 0.1) is 24.6 Å². The maximum atomic E-state index is 12.1. The molecule has 1 aromatic heterocycles. The van der Waals surface area contributed by atoms with Crippen LogP contribution < -0.4 is 36.5 Å². The fourth-order valence-electron chi connectivity index (χ4n) is 9.24. The summed E-state index contributed by atoms with van der Waals surface area (Å²) < 4.78 is 24.9. The molecule has 1 spiro atoms. The summed E-state index contributed by atoms with van der Waals surface area (Å²) in [5, 5.41) is 46.2. The quantitative estimate of drug-likeness (QED) is 0.0501. The molecule has 2 fully saturated rings. The SMILES string of the molecule is CNCC1CN=C(NCCCC2=CCNC(N)=C2)NC12CCCC(Oc1cc(CCC3CC(OC(C)=O)CC(c4cc(O)c(O)c(OCCc5cccnc5)c4)O3)ccc1O)C2. The predicted octanol–water partition coefficient (Wildman–Crippen LogP) is 5.16. The third-order valence-electron chi connectivity index (χ3n) is 12.3. The van der Waals surface area contributed by atoms with Crippen LogP contribution >= 0.6 is 0 Å². The van der Waals surface area contributed by atoms with E-state index in [9.17, 15) is 20.1 Å². The predicted molar refractivity (Wildman–Crippen MR) is 236 cm³/mol. The van der Waals surface area contributed by atoms with Crippen LogP contribution in [0.3, 0.4) is 0 Å². The van der Waals surface area contributed by atoms with Gasteiger partial charge in [-0.25, -0.2) is 0 Å². The number of allylic oxidation sites excluding steroid dienone is 2. The van der Waals surface area contributed by atoms with Crippen molar-refractivity contribution in [1.29, 1.82) is 0 Å². The van der Waals surface area contributed by atoms with E-state index in [4.69, 9.17) is 29.7 Å². The first kappa shape index (κ1) is 44.4. The molecule has 4 heterocycles. The molecule has 3 aliphatic heterocycles. The van der Waals surface area contributed by atoms with Gasteiger partial charge < -0.3 is 61.3 Å². The summed E-state index contributed by atoms with van der Waals surface area (Å²) in [6.07, 6.45) is 14.5. The van der Waals surface area contributed by atoms with Crippen LogP contribution in [0.15, 0.2) is 83.4 Å². The van der Waals surface area contributed by atoms with Gasteiger partial charge in [-0.05, 0) is 111 Å². The Morgan fingerprint density at radius 1 is 1.05 bits per heavy atom. The number of aryl methyl sites for hydroxylation is 1. The summed E-state index contributed by atoms with van der Waals surface area (Å²) >= 11 is 0. The average molecular weight is 854 g/mol. The van der Waals surface area contributed by atoms with E-state index in [2.05, 4.69) is 32.3 Å². The average Bonchev–Trinajstić information content (AvgIpc) is 3.25. The highest BCUT2D eigenvalue weighted by molar-refractivity contribution is 5.81. The highest BCUT2D eigenvalue weighted by atomic mass is 16.6. The maximum Gasteiger partial charge on any atom is 0.302 e. The Balaban J connectivity index is 0.970. The van der Waals surface area contributed by atoms with Crippen molar-refractivity contribution in [2.75, 3.05) is 39.8 Å². The number of rotatable bonds is 17. The number of hydrogen-bond donors (Lipinski definition) is 8. The number of nitrogens with one attached hydrogen (secondary N) is 4. The molecule has 15 heteroatoms. The Morgan fingerprint density at radius 3 is 2.74 bits per heavy atom. The highest BCUT2D eigenvalue weighted by Gasteiger charge is 2.46. The summed E-state index contributed by atoms with van der Waals surface area (Å²) in [7, 11) is 1.98. The molecule has 334 valence electrons. The summed E-state index contributed by atoms with van der Waals surface area (Å²) in [4.78, 5) is 21.1. The van der Waals surface area contributed by atoms with Crippen molar-refractivity contribution in [3.8, 4) is 28.7 Å². The van der Waals surface area contributed by atoms with Crippen LogP contribution in [-0.4, -0.2) is 95.9 Å². The second-order valence-corrected chi connectivity index (χ2v) is 17.0. The van der Waals surface area contributed by atoms with Gasteiger partial charge in [-0.2, -0.15) is 0 Å². The van der Waals surface area contributed by atoms with Crippen LogP contribution in [0.2, 0.25) is 0 Å². The molecular weight excluding hydrogens is 791 g/mol. The molecule has 0 bridgehead atoms. The van der Waals surface area contributed by atoms with E-state index in [1.165, 1.54) is 18.6 Å². The molecule has 6 atom stereocenters. The van der Waals surface area contributed by atoms with Crippen LogP contribution in [0.4, 0.5) is 0 Å². The number of hydrogen-bond acceptors (Lipinski definition) is 15. The van der Waals surface area contributed by atoms with Gasteiger partial charge in [0.1, 0.15) is 12.2 Å². The van der Waals surface area contributed by atoms with Gasteiger partial charge in [-0.3, -0.25) is 14.8 Å². The minimum atomic E-state index is -0.530. The second kappa shape index (κ2) is 20.9. The third-order valence-corrected chi connectivity index (χ3v) is 12.3. The molecule has 2 aromatic carbocycles. The Hall–Kier alpha value is -5.67. The first-order valence-electron chi connectivity index (χ1n) is 22.1. The lowest BCUT2D eigenvalue weighted by Gasteiger charge is -2.49. The largest absolute Gasteiger partial charge is 0.504 e. The molecule has 9 N–H and O–H groups in total. The first-order valence-corrected chi connectivity index (χ1v) is 22.1. The lowest BCUT2D eigenvalue weighted by molar-refractivity contribution is -0.160. The van der Waals surface area contributed by atoms with Gasteiger partial charge in [0.2, 0.25) is 5.75 Å². The standard InChI is InChI=1S/C47H63N7O8/c1-30(55)60-38-24-36(61-41(25-38)34-22-40(57)45(58)43(23-34)59-19-14-33-7-4-16-50-27-33)11-9-32-10-12-39(56)42(20-32)62-37-8-3-15-47(26-37)35(28-49-2)29-53-46(54-47)52-17-5-6-31-13-18-51-44(48)21-31/h4,7,10,12-13,16,20-23,27,35-38,41,49,51,56-58H,3,5-6,8-9,11,14-15,17-19,24-26,28-29,48H2,1-2H3,(H2,52,53,54). The van der Waals surface area contributed by atoms with E-state index in [0.29, 0.717) is 55.8 Å². The topological polar surface area (TPSA) is 214 Å². The Kier molecular flexibility index (Phi) is 15.0. The van der Waals surface area contributed by atoms with Crippen LogP contribution in [0.25, 0.3) is 0 Å². The maximum absolute atomic E-state index is 12.1. The molecule has 1 saturated carbocycles. The van der Waals surface area contributed by atoms with Gasteiger partial charge in [0, 0.05) is 82.6 Å². The molecule has 15 nitrogen and oxygen atoms in total. The van der Waals surface area contributed by atoms with E-state index in [-0.39, 0.29) is 59.2 Å². The summed E-state index contributed by atoms with van der Waals surface area (Å²) in [5.74, 6) is 1.45. The normalized spacial score (nSPS) is 24.7. The van der Waals surface area contributed by atoms with E-state index in [1.807, 2.05) is 37.4 Å². The molecule has 3 aromatic rings. The van der Waals surface area contributed by atoms with Crippen molar-refractivity contribution in [2.45, 2.75) is 108 Å². The molecule has 1 saturated heterocycles. The smallest absolute Gasteiger partial charge is 0.302 e. The zero-order valence-electron chi connectivity index (χ0n) is 35.9. The third kappa shape index (κ3) is 11.8.